The number of hydrogen-bond donors (Lipinski definition) is 2. The molecule has 0 spiro atoms. The van der Waals surface area contributed by atoms with Gasteiger partial charge < -0.3 is 15.2 Å². The number of carboxylic acid groups (broad SMARTS) is 1. The van der Waals surface area contributed by atoms with E-state index in [1.54, 1.807) is 24.3 Å². The number of aromatic carboxylic acids is 1. The van der Waals surface area contributed by atoms with Crippen molar-refractivity contribution in [2.24, 2.45) is 5.92 Å². The molecule has 0 unspecified atom stereocenters. The molecule has 0 radical (unpaired) electrons. The maximum atomic E-state index is 11.8. The highest BCUT2D eigenvalue weighted by Gasteiger charge is 2.43. The van der Waals surface area contributed by atoms with E-state index in [-0.39, 0.29) is 23.8 Å². The number of hydrogen-bond acceptors (Lipinski definition) is 4. The number of carbonyl (C=O) groups excluding carboxylic acids is 1. The lowest BCUT2D eigenvalue weighted by Crippen LogP contribution is -2.30. The Balaban J connectivity index is 1.61. The SMILES string of the molecule is COC(=O)c1ccc([C@@H]2Nc3ccc(C(=O)O)cc3[C@H]3c4ccccc4C[C@@H]32)cc1. The molecule has 0 saturated carbocycles. The van der Waals surface area contributed by atoms with Crippen LogP contribution in [0, 0.1) is 5.92 Å². The Morgan fingerprint density at radius 1 is 0.967 bits per heavy atom. The molecule has 150 valence electrons. The van der Waals surface area contributed by atoms with Gasteiger partial charge in [-0.2, -0.15) is 0 Å². The van der Waals surface area contributed by atoms with Gasteiger partial charge in [-0.1, -0.05) is 36.4 Å². The van der Waals surface area contributed by atoms with Crippen LogP contribution in [0.4, 0.5) is 5.69 Å². The van der Waals surface area contributed by atoms with Gasteiger partial charge in [0.25, 0.3) is 0 Å². The Morgan fingerprint density at radius 3 is 2.43 bits per heavy atom. The van der Waals surface area contributed by atoms with Crippen LogP contribution in [-0.4, -0.2) is 24.2 Å². The van der Waals surface area contributed by atoms with E-state index in [0.29, 0.717) is 11.1 Å². The van der Waals surface area contributed by atoms with Crippen molar-refractivity contribution in [2.75, 3.05) is 12.4 Å². The molecule has 30 heavy (non-hydrogen) atoms. The van der Waals surface area contributed by atoms with Gasteiger partial charge in [-0.05, 0) is 64.9 Å². The summed E-state index contributed by atoms with van der Waals surface area (Å²) in [6, 6.07) is 21.3. The summed E-state index contributed by atoms with van der Waals surface area (Å²) < 4.78 is 4.81. The zero-order chi connectivity index (χ0) is 20.8. The Morgan fingerprint density at radius 2 is 1.70 bits per heavy atom. The predicted octanol–water partition coefficient (Wildman–Crippen LogP) is 4.64. The summed E-state index contributed by atoms with van der Waals surface area (Å²) in [6.07, 6.45) is 0.911. The molecule has 1 aliphatic heterocycles. The minimum Gasteiger partial charge on any atom is -0.478 e. The number of carboxylic acids is 1. The van der Waals surface area contributed by atoms with Crippen LogP contribution in [0.2, 0.25) is 0 Å². The third-order valence-electron chi connectivity index (χ3n) is 6.34. The quantitative estimate of drug-likeness (QED) is 0.628. The van der Waals surface area contributed by atoms with Crippen LogP contribution in [0.15, 0.2) is 66.7 Å². The molecule has 5 heteroatoms. The van der Waals surface area contributed by atoms with Crippen LogP contribution in [0.5, 0.6) is 0 Å². The molecule has 2 aliphatic rings. The van der Waals surface area contributed by atoms with Gasteiger partial charge in [0.05, 0.1) is 24.3 Å². The van der Waals surface area contributed by atoms with Crippen LogP contribution in [0.3, 0.4) is 0 Å². The molecular formula is C25H21NO4. The molecule has 2 N–H and O–H groups in total. The first-order chi connectivity index (χ1) is 14.6. The zero-order valence-corrected chi connectivity index (χ0v) is 16.5. The molecule has 0 bridgehead atoms. The van der Waals surface area contributed by atoms with E-state index in [2.05, 4.69) is 23.5 Å². The second-order valence-electron chi connectivity index (χ2n) is 7.89. The predicted molar refractivity (Wildman–Crippen MR) is 113 cm³/mol. The number of ether oxygens (including phenoxy) is 1. The summed E-state index contributed by atoms with van der Waals surface area (Å²) in [5, 5.41) is 13.1. The maximum Gasteiger partial charge on any atom is 0.337 e. The molecule has 0 saturated heterocycles. The monoisotopic (exact) mass is 399 g/mol. The fraction of sp³-hybridized carbons (Fsp3) is 0.200. The Hall–Kier alpha value is -3.60. The fourth-order valence-electron chi connectivity index (χ4n) is 4.97. The van der Waals surface area contributed by atoms with Crippen molar-refractivity contribution in [1.29, 1.82) is 0 Å². The van der Waals surface area contributed by atoms with E-state index in [1.165, 1.54) is 18.2 Å². The molecule has 5 rings (SSSR count). The first-order valence-corrected chi connectivity index (χ1v) is 9.96. The van der Waals surface area contributed by atoms with Crippen LogP contribution in [-0.2, 0) is 11.2 Å². The Kier molecular flexibility index (Phi) is 4.31. The van der Waals surface area contributed by atoms with E-state index in [9.17, 15) is 14.7 Å². The fourth-order valence-corrected chi connectivity index (χ4v) is 4.97. The van der Waals surface area contributed by atoms with Crippen molar-refractivity contribution in [3.8, 4) is 0 Å². The number of carbonyl (C=O) groups is 2. The van der Waals surface area contributed by atoms with Crippen molar-refractivity contribution in [2.45, 2.75) is 18.4 Å². The van der Waals surface area contributed by atoms with Crippen LogP contribution < -0.4 is 5.32 Å². The van der Waals surface area contributed by atoms with Crippen molar-refractivity contribution in [1.82, 2.24) is 0 Å². The zero-order valence-electron chi connectivity index (χ0n) is 16.5. The Bertz CT molecular complexity index is 1150. The lowest BCUT2D eigenvalue weighted by atomic mass is 9.75. The number of fused-ring (bicyclic) bond motifs is 5. The number of rotatable bonds is 3. The molecule has 0 aromatic heterocycles. The number of nitrogens with one attached hydrogen (secondary N) is 1. The van der Waals surface area contributed by atoms with Crippen LogP contribution >= 0.6 is 0 Å². The minimum atomic E-state index is -0.916. The van der Waals surface area contributed by atoms with Gasteiger partial charge in [0.2, 0.25) is 0 Å². The van der Waals surface area contributed by atoms with Crippen LogP contribution in [0.1, 0.15) is 54.9 Å². The average Bonchev–Trinajstić information content (AvgIpc) is 3.17. The highest BCUT2D eigenvalue weighted by atomic mass is 16.5. The molecular weight excluding hydrogens is 378 g/mol. The lowest BCUT2D eigenvalue weighted by molar-refractivity contribution is 0.0599. The normalized spacial score (nSPS) is 21.0. The molecule has 3 atom stereocenters. The summed E-state index contributed by atoms with van der Waals surface area (Å²) >= 11 is 0. The van der Waals surface area contributed by atoms with Gasteiger partial charge in [-0.25, -0.2) is 9.59 Å². The molecule has 1 aliphatic carbocycles. The van der Waals surface area contributed by atoms with E-state index >= 15 is 0 Å². The highest BCUT2D eigenvalue weighted by Crippen LogP contribution is 2.53. The Labute approximate surface area is 174 Å². The van der Waals surface area contributed by atoms with Crippen molar-refractivity contribution < 1.29 is 19.4 Å². The van der Waals surface area contributed by atoms with Crippen molar-refractivity contribution in [3.63, 3.8) is 0 Å². The van der Waals surface area contributed by atoms with Gasteiger partial charge in [-0.15, -0.1) is 0 Å². The topological polar surface area (TPSA) is 75.6 Å². The number of anilines is 1. The third-order valence-corrected chi connectivity index (χ3v) is 6.34. The molecule has 0 amide bonds. The van der Waals surface area contributed by atoms with Gasteiger partial charge in [0, 0.05) is 11.6 Å². The molecule has 1 heterocycles. The second kappa shape index (κ2) is 7.02. The molecule has 5 nitrogen and oxygen atoms in total. The molecule has 3 aromatic carbocycles. The van der Waals surface area contributed by atoms with Gasteiger partial charge in [0.1, 0.15) is 0 Å². The third kappa shape index (κ3) is 2.86. The van der Waals surface area contributed by atoms with E-state index in [1.807, 2.05) is 24.3 Å². The van der Waals surface area contributed by atoms with Crippen molar-refractivity contribution in [3.05, 3.63) is 100 Å². The number of methoxy groups -OCH3 is 1. The summed E-state index contributed by atoms with van der Waals surface area (Å²) in [5.41, 5.74) is 6.49. The smallest absolute Gasteiger partial charge is 0.337 e. The maximum absolute atomic E-state index is 11.8. The average molecular weight is 399 g/mol. The van der Waals surface area contributed by atoms with E-state index in [4.69, 9.17) is 4.74 Å². The second-order valence-corrected chi connectivity index (χ2v) is 7.89. The van der Waals surface area contributed by atoms with E-state index < -0.39 is 5.97 Å². The van der Waals surface area contributed by atoms with Gasteiger partial charge in [0.15, 0.2) is 0 Å². The first-order valence-electron chi connectivity index (χ1n) is 9.96. The largest absolute Gasteiger partial charge is 0.478 e. The van der Waals surface area contributed by atoms with Gasteiger partial charge in [-0.3, -0.25) is 0 Å². The van der Waals surface area contributed by atoms with Crippen LogP contribution in [0.25, 0.3) is 0 Å². The molecule has 3 aromatic rings. The summed E-state index contributed by atoms with van der Waals surface area (Å²) in [4.78, 5) is 23.4. The standard InChI is InChI=1S/C25H21NO4/c1-30-25(29)15-8-6-14(7-9-15)23-20-12-16-4-2-3-5-18(16)22(20)19-13-17(24(27)28)10-11-21(19)26-23/h2-11,13,20,22-23,26H,12H2,1H3,(H,27,28)/t20-,22+,23-/m0/s1. The van der Waals surface area contributed by atoms with Gasteiger partial charge >= 0.3 is 11.9 Å². The minimum absolute atomic E-state index is 0.0530. The molecule has 0 fully saturated rings. The van der Waals surface area contributed by atoms with Crippen molar-refractivity contribution >= 4 is 17.6 Å². The highest BCUT2D eigenvalue weighted by molar-refractivity contribution is 5.90. The summed E-state index contributed by atoms with van der Waals surface area (Å²) in [6.45, 7) is 0. The first kappa shape index (κ1) is 18.4. The summed E-state index contributed by atoms with van der Waals surface area (Å²) in [5.74, 6) is -0.887. The summed E-state index contributed by atoms with van der Waals surface area (Å²) in [7, 11) is 1.38. The van der Waals surface area contributed by atoms with E-state index in [0.717, 1.165) is 23.2 Å². The number of benzene rings is 3. The number of esters is 1. The lowest BCUT2D eigenvalue weighted by Gasteiger charge is -2.38.